The molecule has 0 radical (unpaired) electrons. The summed E-state index contributed by atoms with van der Waals surface area (Å²) in [5.41, 5.74) is -0.250. The third-order valence-electron chi connectivity index (χ3n) is 3.73. The summed E-state index contributed by atoms with van der Waals surface area (Å²) in [6.07, 6.45) is -3.69. The number of ether oxygens (including phenoxy) is 1. The molecule has 23 heavy (non-hydrogen) atoms. The lowest BCUT2D eigenvalue weighted by molar-refractivity contribution is -0.137. The van der Waals surface area contributed by atoms with Crippen LogP contribution in [0, 0.1) is 0 Å². The van der Waals surface area contributed by atoms with Crippen LogP contribution >= 0.6 is 0 Å². The minimum Gasteiger partial charge on any atom is -0.366 e. The molecule has 7 heteroatoms. The number of carbonyl (C=O) groups is 1. The largest absolute Gasteiger partial charge is 0.416 e. The van der Waals surface area contributed by atoms with Gasteiger partial charge in [-0.3, -0.25) is 4.79 Å². The van der Waals surface area contributed by atoms with E-state index in [1.165, 1.54) is 6.07 Å². The first-order valence-corrected chi connectivity index (χ1v) is 7.71. The highest BCUT2D eigenvalue weighted by molar-refractivity contribution is 5.81. The van der Waals surface area contributed by atoms with E-state index in [1.54, 1.807) is 6.07 Å². The molecule has 2 rings (SSSR count). The fraction of sp³-hybridized carbons (Fsp3) is 0.562. The number of alkyl halides is 3. The number of rotatable bonds is 5. The van der Waals surface area contributed by atoms with E-state index in [0.717, 1.165) is 18.6 Å². The van der Waals surface area contributed by atoms with Gasteiger partial charge in [0.1, 0.15) is 6.10 Å². The molecular formula is C16H21F3N2O2. The summed E-state index contributed by atoms with van der Waals surface area (Å²) in [4.78, 5) is 12.2. The van der Waals surface area contributed by atoms with Gasteiger partial charge in [0.05, 0.1) is 18.2 Å². The van der Waals surface area contributed by atoms with Gasteiger partial charge in [-0.15, -0.1) is 0 Å². The van der Waals surface area contributed by atoms with Crippen LogP contribution in [0.2, 0.25) is 0 Å². The van der Waals surface area contributed by atoms with Crippen LogP contribution in [0.15, 0.2) is 24.3 Å². The Morgan fingerprint density at radius 1 is 1.48 bits per heavy atom. The minimum absolute atomic E-state index is 0.298. The van der Waals surface area contributed by atoms with E-state index in [2.05, 4.69) is 10.6 Å². The maximum absolute atomic E-state index is 12.9. The zero-order chi connectivity index (χ0) is 16.9. The normalized spacial score (nSPS) is 20.1. The van der Waals surface area contributed by atoms with Gasteiger partial charge in [-0.25, -0.2) is 0 Å². The number of benzene rings is 1. The maximum Gasteiger partial charge on any atom is 0.416 e. The van der Waals surface area contributed by atoms with E-state index in [9.17, 15) is 18.0 Å². The van der Waals surface area contributed by atoms with Crippen LogP contribution in [0.4, 0.5) is 13.2 Å². The minimum atomic E-state index is -4.40. The molecule has 128 valence electrons. The van der Waals surface area contributed by atoms with E-state index in [4.69, 9.17) is 4.74 Å². The lowest BCUT2D eigenvalue weighted by atomic mass is 9.99. The van der Waals surface area contributed by atoms with Gasteiger partial charge >= 0.3 is 6.18 Å². The molecule has 1 heterocycles. The first-order chi connectivity index (χ1) is 10.9. The van der Waals surface area contributed by atoms with Gasteiger partial charge in [0.15, 0.2) is 0 Å². The Morgan fingerprint density at radius 3 is 2.87 bits per heavy atom. The highest BCUT2D eigenvalue weighted by atomic mass is 19.4. The highest BCUT2D eigenvalue weighted by Gasteiger charge is 2.31. The fourth-order valence-corrected chi connectivity index (χ4v) is 2.54. The molecule has 1 saturated heterocycles. The summed E-state index contributed by atoms with van der Waals surface area (Å²) in [6, 6.07) is 4.64. The van der Waals surface area contributed by atoms with Crippen molar-refractivity contribution in [3.8, 4) is 0 Å². The Labute approximate surface area is 133 Å². The second kappa shape index (κ2) is 7.79. The van der Waals surface area contributed by atoms with Gasteiger partial charge in [-0.2, -0.15) is 13.2 Å². The van der Waals surface area contributed by atoms with Gasteiger partial charge in [0.2, 0.25) is 0 Å². The SMILES string of the molecule is CCC[C@@H](NC(=O)[C@H]1CNCCO1)c1cccc(C(F)(F)F)c1. The molecule has 0 bridgehead atoms. The Kier molecular flexibility index (Phi) is 6.01. The van der Waals surface area contributed by atoms with Crippen molar-refractivity contribution in [1.29, 1.82) is 0 Å². The number of hydrogen-bond donors (Lipinski definition) is 2. The Morgan fingerprint density at radius 2 is 2.26 bits per heavy atom. The summed E-state index contributed by atoms with van der Waals surface area (Å²) in [5, 5.41) is 5.87. The van der Waals surface area contributed by atoms with Crippen LogP contribution < -0.4 is 10.6 Å². The smallest absolute Gasteiger partial charge is 0.366 e. The fourth-order valence-electron chi connectivity index (χ4n) is 2.54. The van der Waals surface area contributed by atoms with E-state index in [-0.39, 0.29) is 5.91 Å². The number of hydrogen-bond acceptors (Lipinski definition) is 3. The van der Waals surface area contributed by atoms with Gasteiger partial charge in [-0.1, -0.05) is 25.5 Å². The molecule has 0 aliphatic carbocycles. The molecule has 1 aliphatic rings. The van der Waals surface area contributed by atoms with Crippen molar-refractivity contribution in [1.82, 2.24) is 10.6 Å². The molecule has 2 N–H and O–H groups in total. The first-order valence-electron chi connectivity index (χ1n) is 7.71. The number of morpholine rings is 1. The van der Waals surface area contributed by atoms with Gasteiger partial charge in [0.25, 0.3) is 5.91 Å². The van der Waals surface area contributed by atoms with Crippen molar-refractivity contribution in [2.45, 2.75) is 38.1 Å². The predicted octanol–water partition coefficient (Wildman–Crippen LogP) is 2.65. The molecule has 1 fully saturated rings. The molecule has 0 aromatic heterocycles. The van der Waals surface area contributed by atoms with Crippen molar-refractivity contribution >= 4 is 5.91 Å². The lowest BCUT2D eigenvalue weighted by Crippen LogP contribution is -2.48. The molecule has 1 aromatic carbocycles. The third-order valence-corrected chi connectivity index (χ3v) is 3.73. The average molecular weight is 330 g/mol. The van der Waals surface area contributed by atoms with E-state index in [0.29, 0.717) is 31.7 Å². The molecule has 1 aromatic rings. The van der Waals surface area contributed by atoms with E-state index in [1.807, 2.05) is 6.92 Å². The van der Waals surface area contributed by atoms with E-state index < -0.39 is 23.9 Å². The summed E-state index contributed by atoms with van der Waals surface area (Å²) >= 11 is 0. The van der Waals surface area contributed by atoms with Crippen LogP contribution in [0.1, 0.15) is 36.9 Å². The van der Waals surface area contributed by atoms with Gasteiger partial charge in [0, 0.05) is 13.1 Å². The van der Waals surface area contributed by atoms with Crippen LogP contribution in [0.3, 0.4) is 0 Å². The molecule has 0 unspecified atom stereocenters. The van der Waals surface area contributed by atoms with E-state index >= 15 is 0 Å². The molecule has 4 nitrogen and oxygen atoms in total. The maximum atomic E-state index is 12.9. The lowest BCUT2D eigenvalue weighted by Gasteiger charge is -2.26. The van der Waals surface area contributed by atoms with Crippen LogP contribution in [0.5, 0.6) is 0 Å². The average Bonchev–Trinajstić information content (AvgIpc) is 2.54. The predicted molar refractivity (Wildman–Crippen MR) is 79.8 cm³/mol. The standard InChI is InChI=1S/C16H21F3N2O2/c1-2-4-13(21-15(22)14-10-20-7-8-23-14)11-5-3-6-12(9-11)16(17,18)19/h3,5-6,9,13-14,20H,2,4,7-8,10H2,1H3,(H,21,22)/t13-,14-/m1/s1. The molecule has 1 aliphatic heterocycles. The number of amides is 1. The number of carbonyl (C=O) groups excluding carboxylic acids is 1. The van der Waals surface area contributed by atoms with Crippen LogP contribution in [-0.4, -0.2) is 31.7 Å². The highest BCUT2D eigenvalue weighted by Crippen LogP contribution is 2.31. The van der Waals surface area contributed by atoms with Crippen molar-refractivity contribution < 1.29 is 22.7 Å². The quantitative estimate of drug-likeness (QED) is 0.873. The molecule has 0 saturated carbocycles. The third kappa shape index (κ3) is 4.94. The van der Waals surface area contributed by atoms with Crippen molar-refractivity contribution in [2.24, 2.45) is 0 Å². The summed E-state index contributed by atoms with van der Waals surface area (Å²) in [6.45, 7) is 3.47. The zero-order valence-electron chi connectivity index (χ0n) is 13.0. The first kappa shape index (κ1) is 17.7. The zero-order valence-corrected chi connectivity index (χ0v) is 13.0. The Hall–Kier alpha value is -1.60. The van der Waals surface area contributed by atoms with Crippen molar-refractivity contribution in [2.75, 3.05) is 19.7 Å². The second-order valence-electron chi connectivity index (χ2n) is 5.54. The van der Waals surface area contributed by atoms with Crippen LogP contribution in [0.25, 0.3) is 0 Å². The molecule has 1 amide bonds. The summed E-state index contributed by atoms with van der Waals surface area (Å²) < 4.78 is 43.9. The summed E-state index contributed by atoms with van der Waals surface area (Å²) in [7, 11) is 0. The molecular weight excluding hydrogens is 309 g/mol. The molecule has 0 spiro atoms. The van der Waals surface area contributed by atoms with Crippen LogP contribution in [-0.2, 0) is 15.7 Å². The van der Waals surface area contributed by atoms with Crippen molar-refractivity contribution in [3.63, 3.8) is 0 Å². The summed E-state index contributed by atoms with van der Waals surface area (Å²) in [5.74, 6) is -0.298. The van der Waals surface area contributed by atoms with Gasteiger partial charge in [-0.05, 0) is 24.1 Å². The topological polar surface area (TPSA) is 50.4 Å². The molecule has 2 atom stereocenters. The number of halogens is 3. The van der Waals surface area contributed by atoms with Crippen molar-refractivity contribution in [3.05, 3.63) is 35.4 Å². The Bertz CT molecular complexity index is 528. The second-order valence-corrected chi connectivity index (χ2v) is 5.54. The monoisotopic (exact) mass is 330 g/mol. The van der Waals surface area contributed by atoms with Gasteiger partial charge < -0.3 is 15.4 Å². The number of nitrogens with one attached hydrogen (secondary N) is 2. The Balaban J connectivity index is 2.12.